The molecular weight excluding hydrogens is 381 g/mol. The Morgan fingerprint density at radius 2 is 1.86 bits per heavy atom. The molecule has 0 atom stereocenters. The summed E-state index contributed by atoms with van der Waals surface area (Å²) in [5.74, 6) is -0.520. The van der Waals surface area contributed by atoms with Gasteiger partial charge in [-0.05, 0) is 57.5 Å². The van der Waals surface area contributed by atoms with Crippen LogP contribution in [0, 0.1) is 12.7 Å². The molecule has 0 spiro atoms. The lowest BCUT2D eigenvalue weighted by Gasteiger charge is -2.35. The van der Waals surface area contributed by atoms with Crippen LogP contribution in [-0.2, 0) is 14.8 Å². The first-order valence-corrected chi connectivity index (χ1v) is 11.6. The minimum atomic E-state index is -3.75. The van der Waals surface area contributed by atoms with Crippen molar-refractivity contribution < 1.29 is 17.5 Å². The maximum atomic E-state index is 13.8. The molecule has 6 nitrogen and oxygen atoms in total. The Kier molecular flexibility index (Phi) is 7.44. The molecule has 2 aliphatic rings. The molecule has 0 amide bonds. The van der Waals surface area contributed by atoms with Crippen LogP contribution >= 0.6 is 0 Å². The van der Waals surface area contributed by atoms with Crippen molar-refractivity contribution in [3.8, 4) is 0 Å². The monoisotopic (exact) mass is 413 g/mol. The number of rotatable bonds is 7. The van der Waals surface area contributed by atoms with Crippen molar-refractivity contribution in [3.05, 3.63) is 29.6 Å². The number of sulfonamides is 1. The molecule has 0 unspecified atom stereocenters. The summed E-state index contributed by atoms with van der Waals surface area (Å²) in [5.41, 5.74) is 0.581. The maximum absolute atomic E-state index is 13.8. The van der Waals surface area contributed by atoms with Gasteiger partial charge in [0.1, 0.15) is 5.82 Å². The van der Waals surface area contributed by atoms with E-state index in [2.05, 4.69) is 16.8 Å². The lowest BCUT2D eigenvalue weighted by Crippen LogP contribution is -2.47. The van der Waals surface area contributed by atoms with Crippen molar-refractivity contribution in [2.75, 3.05) is 59.5 Å². The van der Waals surface area contributed by atoms with Crippen molar-refractivity contribution in [2.24, 2.45) is 0 Å². The summed E-state index contributed by atoms with van der Waals surface area (Å²) in [6.45, 7) is 8.32. The van der Waals surface area contributed by atoms with E-state index in [9.17, 15) is 12.8 Å². The van der Waals surface area contributed by atoms with E-state index in [0.29, 0.717) is 38.2 Å². The largest absolute Gasteiger partial charge is 0.381 e. The van der Waals surface area contributed by atoms with E-state index >= 15 is 0 Å². The summed E-state index contributed by atoms with van der Waals surface area (Å²) in [7, 11) is -1.63. The Labute approximate surface area is 168 Å². The number of nitrogens with zero attached hydrogens (tertiary/aromatic N) is 3. The molecule has 158 valence electrons. The molecular formula is C20H32FN3O3S. The lowest BCUT2D eigenvalue weighted by molar-refractivity contribution is 0.0571. The first-order chi connectivity index (χ1) is 13.4. The standard InChI is InChI=1S/C20H32FN3O3S/c1-17-4-5-18(21)16-20(17)28(25,26)24(19-6-14-27-15-7-19)9-3-8-23-12-10-22(2)11-13-23/h4-5,16,19H,3,6-15H2,1-2H3. The van der Waals surface area contributed by atoms with Crippen molar-refractivity contribution in [3.63, 3.8) is 0 Å². The smallest absolute Gasteiger partial charge is 0.243 e. The number of ether oxygens (including phenoxy) is 1. The Bertz CT molecular complexity index is 745. The summed E-state index contributed by atoms with van der Waals surface area (Å²) in [4.78, 5) is 4.78. The fraction of sp³-hybridized carbons (Fsp3) is 0.700. The third-order valence-corrected chi connectivity index (χ3v) is 7.88. The van der Waals surface area contributed by atoms with Crippen molar-refractivity contribution in [2.45, 2.75) is 37.1 Å². The molecule has 3 rings (SSSR count). The van der Waals surface area contributed by atoms with Crippen LogP contribution in [0.3, 0.4) is 0 Å². The van der Waals surface area contributed by atoms with Gasteiger partial charge in [0.2, 0.25) is 10.0 Å². The molecule has 0 aromatic heterocycles. The van der Waals surface area contributed by atoms with Crippen LogP contribution in [0.4, 0.5) is 4.39 Å². The molecule has 2 heterocycles. The van der Waals surface area contributed by atoms with Gasteiger partial charge < -0.3 is 14.5 Å². The normalized spacial score (nSPS) is 20.7. The Hall–Kier alpha value is -1.06. The second-order valence-corrected chi connectivity index (χ2v) is 9.73. The third kappa shape index (κ3) is 5.30. The van der Waals surface area contributed by atoms with Crippen LogP contribution in [0.1, 0.15) is 24.8 Å². The number of hydrogen-bond acceptors (Lipinski definition) is 5. The van der Waals surface area contributed by atoms with Gasteiger partial charge in [-0.1, -0.05) is 6.07 Å². The predicted octanol–water partition coefficient (Wildman–Crippen LogP) is 1.94. The number of piperazine rings is 1. The molecule has 28 heavy (non-hydrogen) atoms. The van der Waals surface area contributed by atoms with Crippen LogP contribution in [0.25, 0.3) is 0 Å². The zero-order valence-corrected chi connectivity index (χ0v) is 17.8. The third-order valence-electron chi connectivity index (χ3n) is 5.78. The molecule has 2 saturated heterocycles. The maximum Gasteiger partial charge on any atom is 0.243 e. The Morgan fingerprint density at radius 1 is 1.18 bits per heavy atom. The number of hydrogen-bond donors (Lipinski definition) is 0. The molecule has 2 fully saturated rings. The highest BCUT2D eigenvalue weighted by Gasteiger charge is 2.33. The van der Waals surface area contributed by atoms with Gasteiger partial charge in [-0.15, -0.1) is 0 Å². The highest BCUT2D eigenvalue weighted by atomic mass is 32.2. The van der Waals surface area contributed by atoms with E-state index in [1.54, 1.807) is 11.2 Å². The molecule has 0 saturated carbocycles. The molecule has 1 aromatic rings. The average molecular weight is 414 g/mol. The predicted molar refractivity (Wildman–Crippen MR) is 107 cm³/mol. The van der Waals surface area contributed by atoms with E-state index < -0.39 is 15.8 Å². The van der Waals surface area contributed by atoms with Crippen molar-refractivity contribution in [1.82, 2.24) is 14.1 Å². The summed E-state index contributed by atoms with van der Waals surface area (Å²) < 4.78 is 47.7. The van der Waals surface area contributed by atoms with E-state index in [-0.39, 0.29) is 10.9 Å². The highest BCUT2D eigenvalue weighted by Crippen LogP contribution is 2.26. The summed E-state index contributed by atoms with van der Waals surface area (Å²) in [5, 5.41) is 0. The summed E-state index contributed by atoms with van der Waals surface area (Å²) >= 11 is 0. The lowest BCUT2D eigenvalue weighted by atomic mass is 10.1. The molecule has 0 N–H and O–H groups in total. The van der Waals surface area contributed by atoms with Crippen LogP contribution in [0.5, 0.6) is 0 Å². The van der Waals surface area contributed by atoms with Crippen LogP contribution < -0.4 is 0 Å². The number of benzene rings is 1. The SMILES string of the molecule is Cc1ccc(F)cc1S(=O)(=O)N(CCCN1CCN(C)CC1)C1CCOCC1. The number of aryl methyl sites for hydroxylation is 1. The van der Waals surface area contributed by atoms with E-state index in [1.165, 1.54) is 12.1 Å². The van der Waals surface area contributed by atoms with Crippen LogP contribution in [-0.4, -0.2) is 88.1 Å². The average Bonchev–Trinajstić information content (AvgIpc) is 2.69. The zero-order valence-electron chi connectivity index (χ0n) is 16.9. The summed E-state index contributed by atoms with van der Waals surface area (Å²) in [6.07, 6.45) is 2.14. The molecule has 0 bridgehead atoms. The topological polar surface area (TPSA) is 53.1 Å². The van der Waals surface area contributed by atoms with Crippen LogP contribution in [0.15, 0.2) is 23.1 Å². The van der Waals surface area contributed by atoms with Gasteiger partial charge in [0.05, 0.1) is 4.90 Å². The summed E-state index contributed by atoms with van der Waals surface area (Å²) in [6, 6.07) is 3.90. The van der Waals surface area contributed by atoms with Gasteiger partial charge >= 0.3 is 0 Å². The van der Waals surface area contributed by atoms with Gasteiger partial charge in [0, 0.05) is 52.0 Å². The van der Waals surface area contributed by atoms with Crippen molar-refractivity contribution >= 4 is 10.0 Å². The first-order valence-electron chi connectivity index (χ1n) is 10.1. The minimum Gasteiger partial charge on any atom is -0.381 e. The van der Waals surface area contributed by atoms with Gasteiger partial charge in [-0.25, -0.2) is 12.8 Å². The Balaban J connectivity index is 1.73. The molecule has 1 aromatic carbocycles. The number of halogens is 1. The molecule has 8 heteroatoms. The van der Waals surface area contributed by atoms with E-state index in [4.69, 9.17) is 4.74 Å². The molecule has 0 aliphatic carbocycles. The van der Waals surface area contributed by atoms with E-state index in [1.807, 2.05) is 0 Å². The van der Waals surface area contributed by atoms with Gasteiger partial charge in [-0.3, -0.25) is 0 Å². The quantitative estimate of drug-likeness (QED) is 0.684. The number of likely N-dealkylation sites (N-methyl/N-ethyl adjacent to an activating group) is 1. The Morgan fingerprint density at radius 3 is 2.54 bits per heavy atom. The zero-order chi connectivity index (χ0) is 20.1. The molecule has 2 aliphatic heterocycles. The second-order valence-electron chi connectivity index (χ2n) is 7.87. The highest BCUT2D eigenvalue weighted by molar-refractivity contribution is 7.89. The van der Waals surface area contributed by atoms with Crippen molar-refractivity contribution in [1.29, 1.82) is 0 Å². The minimum absolute atomic E-state index is 0.0820. The van der Waals surface area contributed by atoms with E-state index in [0.717, 1.165) is 45.2 Å². The fourth-order valence-corrected chi connectivity index (χ4v) is 5.93. The second kappa shape index (κ2) is 9.63. The fourth-order valence-electron chi connectivity index (χ4n) is 3.97. The van der Waals surface area contributed by atoms with Gasteiger partial charge in [0.25, 0.3) is 0 Å². The van der Waals surface area contributed by atoms with Gasteiger partial charge in [-0.2, -0.15) is 4.31 Å². The molecule has 0 radical (unpaired) electrons. The van der Waals surface area contributed by atoms with Gasteiger partial charge in [0.15, 0.2) is 0 Å². The first kappa shape index (κ1) is 21.6. The van der Waals surface area contributed by atoms with Crippen LogP contribution in [0.2, 0.25) is 0 Å².